The Balaban J connectivity index is 0.0000120. The molecule has 0 aliphatic carbocycles. The van der Waals surface area contributed by atoms with E-state index in [9.17, 15) is 61.5 Å². The van der Waals surface area contributed by atoms with Gasteiger partial charge in [0.15, 0.2) is 0 Å². The summed E-state index contributed by atoms with van der Waals surface area (Å²) in [6.45, 7) is 5.18. The van der Waals surface area contributed by atoms with Crippen LogP contribution >= 0.6 is 0 Å². The van der Waals surface area contributed by atoms with Crippen molar-refractivity contribution < 1.29 is 87.8 Å². The number of hydrogen-bond acceptors (Lipinski definition) is 1. The fourth-order valence-electron chi connectivity index (χ4n) is 5.34. The van der Waals surface area contributed by atoms with Crippen LogP contribution in [0.25, 0.3) is 0 Å². The minimum absolute atomic E-state index is 0. The first-order chi connectivity index (χ1) is 22.0. The molecule has 0 fully saturated rings. The molecule has 1 aromatic carbocycles. The number of methoxy groups -OCH3 is 1. The smallest absolute Gasteiger partial charge is 0.460 e. The summed E-state index contributed by atoms with van der Waals surface area (Å²) in [5.74, 6) is -35.1. The fraction of sp³-hybridized carbons (Fsp3) is 0.710. The highest BCUT2D eigenvalue weighted by atomic mass is 79.9. The quantitative estimate of drug-likeness (QED) is 0.0762. The van der Waals surface area contributed by atoms with Crippen molar-refractivity contribution in [3.05, 3.63) is 47.8 Å². The van der Waals surface area contributed by atoms with Gasteiger partial charge in [0.1, 0.15) is 30.5 Å². The minimum Gasteiger partial charge on any atom is -1.00 e. The van der Waals surface area contributed by atoms with Gasteiger partial charge >= 0.3 is 35.8 Å². The summed E-state index contributed by atoms with van der Waals surface area (Å²) in [5, 5.41) is 0. The van der Waals surface area contributed by atoms with Crippen LogP contribution in [0, 0.1) is 5.82 Å². The summed E-state index contributed by atoms with van der Waals surface area (Å²) in [6.07, 6.45) is -2.40. The zero-order valence-electron chi connectivity index (χ0n) is 26.9. The van der Waals surface area contributed by atoms with Crippen LogP contribution in [0.4, 0.5) is 61.5 Å². The summed E-state index contributed by atoms with van der Waals surface area (Å²) in [6, 6.07) is 4.30. The molecule has 18 heteroatoms. The molecule has 0 radical (unpaired) electrons. The summed E-state index contributed by atoms with van der Waals surface area (Å²) in [5.41, 5.74) is 0.687. The van der Waals surface area contributed by atoms with Crippen molar-refractivity contribution in [2.45, 2.75) is 133 Å². The van der Waals surface area contributed by atoms with Crippen molar-refractivity contribution in [2.75, 3.05) is 7.11 Å². The van der Waals surface area contributed by atoms with E-state index in [0.29, 0.717) is 37.2 Å². The normalized spacial score (nSPS) is 13.6. The zero-order chi connectivity index (χ0) is 36.8. The molecule has 2 aromatic rings. The number of aromatic nitrogens is 2. The first kappa shape index (κ1) is 44.8. The topological polar surface area (TPSA) is 18.0 Å². The van der Waals surface area contributed by atoms with Crippen LogP contribution in [0.3, 0.4) is 0 Å². The molecular formula is C31H39BrF14N2O. The highest BCUT2D eigenvalue weighted by molar-refractivity contribution is 5.33. The number of halogens is 15. The minimum atomic E-state index is -7.86. The van der Waals surface area contributed by atoms with Crippen molar-refractivity contribution in [3.8, 4) is 5.75 Å². The fourth-order valence-corrected chi connectivity index (χ4v) is 5.34. The lowest BCUT2D eigenvalue weighted by Gasteiger charge is -2.39. The SMILES string of the molecule is COc1ccc(F)cc1C[n+]1ccn(CCCCCCCCCCCC(F)(F)C(F)(F)C(F)(F)C(F)(F)C(F)(F)C(F)(F)F)c1C(C)C.[Br-]. The molecule has 0 N–H and O–H groups in total. The average Bonchev–Trinajstić information content (AvgIpc) is 3.37. The second-order valence-electron chi connectivity index (χ2n) is 12.0. The lowest BCUT2D eigenvalue weighted by molar-refractivity contribution is -0.696. The third-order valence-corrected chi connectivity index (χ3v) is 8.00. The van der Waals surface area contributed by atoms with Gasteiger partial charge < -0.3 is 21.7 Å². The van der Waals surface area contributed by atoms with E-state index < -0.39 is 48.6 Å². The maximum atomic E-state index is 13.9. The third-order valence-electron chi connectivity index (χ3n) is 8.00. The Morgan fingerprint density at radius 3 is 1.67 bits per heavy atom. The Morgan fingerprint density at radius 1 is 0.694 bits per heavy atom. The Morgan fingerprint density at radius 2 is 1.18 bits per heavy atom. The molecule has 284 valence electrons. The van der Waals surface area contributed by atoms with Crippen molar-refractivity contribution in [1.29, 1.82) is 0 Å². The standard InChI is InChI=1S/C31H39F14N2O.BrH/c1-21(2)25-46(17-18-47(25)20-22-19-23(32)13-14-24(22)48-3)16-12-10-8-6-4-5-7-9-11-15-26(33,34)27(35,36)28(37,38)29(39,40)30(41,42)31(43,44)45;/h13-14,17-19,21H,4-12,15-16,20H2,1-3H3;1H/q+1;/p-1. The maximum Gasteiger partial charge on any atom is 0.460 e. The number of unbranched alkanes of at least 4 members (excludes halogenated alkanes) is 8. The molecule has 0 spiro atoms. The van der Waals surface area contributed by atoms with E-state index in [4.69, 9.17) is 4.74 Å². The highest BCUT2D eigenvalue weighted by Gasteiger charge is 2.90. The molecule has 1 aromatic heterocycles. The molecule has 1 heterocycles. The van der Waals surface area contributed by atoms with Gasteiger partial charge in [-0.25, -0.2) is 13.5 Å². The van der Waals surface area contributed by atoms with Crippen molar-refractivity contribution in [1.82, 2.24) is 4.57 Å². The first-order valence-corrected chi connectivity index (χ1v) is 15.3. The van der Waals surface area contributed by atoms with E-state index in [-0.39, 0.29) is 41.6 Å². The van der Waals surface area contributed by atoms with Crippen molar-refractivity contribution in [2.24, 2.45) is 0 Å². The second-order valence-corrected chi connectivity index (χ2v) is 12.0. The predicted molar refractivity (Wildman–Crippen MR) is 148 cm³/mol. The molecular weight excluding hydrogens is 762 g/mol. The number of ether oxygens (including phenoxy) is 1. The van der Waals surface area contributed by atoms with Gasteiger partial charge in [-0.2, -0.15) is 57.1 Å². The van der Waals surface area contributed by atoms with E-state index in [1.54, 1.807) is 6.07 Å². The van der Waals surface area contributed by atoms with Gasteiger partial charge in [0.2, 0.25) is 0 Å². The molecule has 49 heavy (non-hydrogen) atoms. The predicted octanol–water partition coefficient (Wildman–Crippen LogP) is 7.74. The van der Waals surface area contributed by atoms with Crippen molar-refractivity contribution >= 4 is 0 Å². The van der Waals surface area contributed by atoms with E-state index in [2.05, 4.69) is 4.57 Å². The maximum absolute atomic E-state index is 13.9. The molecule has 0 saturated carbocycles. The second kappa shape index (κ2) is 17.3. The van der Waals surface area contributed by atoms with Gasteiger partial charge in [-0.05, 0) is 37.5 Å². The summed E-state index contributed by atoms with van der Waals surface area (Å²) in [4.78, 5) is 0. The molecule has 0 aliphatic heterocycles. The summed E-state index contributed by atoms with van der Waals surface area (Å²) >= 11 is 0. The monoisotopic (exact) mass is 800 g/mol. The molecule has 2 rings (SSSR count). The largest absolute Gasteiger partial charge is 1.00 e. The van der Waals surface area contributed by atoms with Crippen LogP contribution in [0.2, 0.25) is 0 Å². The van der Waals surface area contributed by atoms with E-state index >= 15 is 0 Å². The van der Waals surface area contributed by atoms with Crippen molar-refractivity contribution in [3.63, 3.8) is 0 Å². The number of hydrogen-bond donors (Lipinski definition) is 0. The third kappa shape index (κ3) is 9.95. The highest BCUT2D eigenvalue weighted by Crippen LogP contribution is 2.60. The number of aryl methyl sites for hydroxylation is 1. The molecule has 0 bridgehead atoms. The Hall–Kier alpha value is -2.27. The number of imidazole rings is 1. The lowest BCUT2D eigenvalue weighted by Crippen LogP contribution is -3.00. The molecule has 0 saturated heterocycles. The number of alkyl halides is 13. The molecule has 0 unspecified atom stereocenters. The molecule has 0 aliphatic rings. The Bertz CT molecular complexity index is 1310. The summed E-state index contributed by atoms with van der Waals surface area (Å²) < 4.78 is 195. The Labute approximate surface area is 285 Å². The van der Waals surface area contributed by atoms with E-state index in [0.717, 1.165) is 31.5 Å². The van der Waals surface area contributed by atoms with E-state index in [1.807, 2.05) is 30.8 Å². The van der Waals surface area contributed by atoms with Gasteiger partial charge in [0.05, 0.1) is 19.6 Å². The Kier molecular flexibility index (Phi) is 15.8. The van der Waals surface area contributed by atoms with Crippen LogP contribution in [-0.4, -0.2) is 47.5 Å². The van der Waals surface area contributed by atoms with Crippen LogP contribution in [0.1, 0.15) is 95.4 Å². The van der Waals surface area contributed by atoms with Gasteiger partial charge in [0.25, 0.3) is 5.82 Å². The van der Waals surface area contributed by atoms with Crippen LogP contribution in [-0.2, 0) is 13.1 Å². The number of benzene rings is 1. The first-order valence-electron chi connectivity index (χ1n) is 15.3. The van der Waals surface area contributed by atoms with Gasteiger partial charge in [-0.15, -0.1) is 0 Å². The average molecular weight is 802 g/mol. The van der Waals surface area contributed by atoms with Gasteiger partial charge in [0, 0.05) is 12.0 Å². The number of rotatable bonds is 20. The zero-order valence-corrected chi connectivity index (χ0v) is 28.5. The molecule has 0 amide bonds. The van der Waals surface area contributed by atoms with Crippen LogP contribution in [0.15, 0.2) is 30.6 Å². The van der Waals surface area contributed by atoms with Gasteiger partial charge in [-0.3, -0.25) is 0 Å². The van der Waals surface area contributed by atoms with Crippen LogP contribution < -0.4 is 26.3 Å². The van der Waals surface area contributed by atoms with E-state index in [1.165, 1.54) is 19.2 Å². The van der Waals surface area contributed by atoms with Gasteiger partial charge in [-0.1, -0.05) is 52.4 Å². The molecule has 0 atom stereocenters. The van der Waals surface area contributed by atoms with Crippen LogP contribution in [0.5, 0.6) is 5.75 Å². The lowest BCUT2D eigenvalue weighted by atomic mass is 9.91. The summed E-state index contributed by atoms with van der Waals surface area (Å²) in [7, 11) is 1.51. The molecule has 3 nitrogen and oxygen atoms in total. The number of nitrogens with zero attached hydrogens (tertiary/aromatic N) is 2.